The first-order valence-corrected chi connectivity index (χ1v) is 6.90. The Bertz CT molecular complexity index is 617. The van der Waals surface area contributed by atoms with Crippen molar-refractivity contribution in [2.24, 2.45) is 0 Å². The van der Waals surface area contributed by atoms with Gasteiger partial charge < -0.3 is 0 Å². The third-order valence-corrected chi connectivity index (χ3v) is 3.95. The SMILES string of the molecule is N#CCc1cc2ccc1CCc1ccc(cc1)CC2. The second-order valence-corrected chi connectivity index (χ2v) is 5.25. The molecule has 0 heterocycles. The number of hydrogen-bond donors (Lipinski definition) is 0. The molecule has 1 nitrogen and oxygen atoms in total. The van der Waals surface area contributed by atoms with Crippen LogP contribution in [0.4, 0.5) is 0 Å². The highest BCUT2D eigenvalue weighted by molar-refractivity contribution is 5.36. The minimum atomic E-state index is 0.529. The molecule has 6 rings (SSSR count). The van der Waals surface area contributed by atoms with Crippen molar-refractivity contribution >= 4 is 0 Å². The third-order valence-electron chi connectivity index (χ3n) is 3.95. The molecule has 4 aliphatic carbocycles. The van der Waals surface area contributed by atoms with Crippen LogP contribution in [0.3, 0.4) is 0 Å². The first-order valence-electron chi connectivity index (χ1n) is 6.90. The zero-order chi connectivity index (χ0) is 13.1. The van der Waals surface area contributed by atoms with Crippen LogP contribution in [-0.4, -0.2) is 0 Å². The molecule has 0 radical (unpaired) electrons. The molecule has 0 aromatic heterocycles. The van der Waals surface area contributed by atoms with Crippen LogP contribution in [0.15, 0.2) is 42.5 Å². The van der Waals surface area contributed by atoms with Crippen LogP contribution in [0, 0.1) is 11.3 Å². The standard InChI is InChI=1S/C18H17N/c19-12-11-18-13-16-6-5-14-1-3-15(4-2-14)7-9-17(18)10-8-16/h1-4,8,10,13H,5-7,9,11H2. The Balaban J connectivity index is 1.99. The Hall–Kier alpha value is -2.07. The van der Waals surface area contributed by atoms with Crippen molar-refractivity contribution < 1.29 is 0 Å². The van der Waals surface area contributed by atoms with Crippen LogP contribution < -0.4 is 0 Å². The van der Waals surface area contributed by atoms with E-state index in [0.29, 0.717) is 6.42 Å². The van der Waals surface area contributed by atoms with Gasteiger partial charge in [-0.25, -0.2) is 0 Å². The Labute approximate surface area is 114 Å². The quantitative estimate of drug-likeness (QED) is 0.754. The maximum atomic E-state index is 8.97. The Morgan fingerprint density at radius 3 is 2.05 bits per heavy atom. The van der Waals surface area contributed by atoms with Crippen molar-refractivity contribution in [1.82, 2.24) is 0 Å². The van der Waals surface area contributed by atoms with E-state index in [2.05, 4.69) is 48.5 Å². The minimum Gasteiger partial charge on any atom is -0.198 e. The summed E-state index contributed by atoms with van der Waals surface area (Å²) < 4.78 is 0. The van der Waals surface area contributed by atoms with Gasteiger partial charge >= 0.3 is 0 Å². The molecule has 0 unspecified atom stereocenters. The maximum absolute atomic E-state index is 8.97. The van der Waals surface area contributed by atoms with Gasteiger partial charge in [0.2, 0.25) is 0 Å². The second kappa shape index (κ2) is 5.28. The lowest BCUT2D eigenvalue weighted by Crippen LogP contribution is -2.01. The molecule has 1 heteroatoms. The van der Waals surface area contributed by atoms with Crippen LogP contribution in [0.5, 0.6) is 0 Å². The summed E-state index contributed by atoms with van der Waals surface area (Å²) in [5.41, 5.74) is 6.68. The molecular weight excluding hydrogens is 230 g/mol. The van der Waals surface area contributed by atoms with Crippen molar-refractivity contribution in [2.75, 3.05) is 0 Å². The van der Waals surface area contributed by atoms with Gasteiger partial charge in [-0.2, -0.15) is 5.26 Å². The number of rotatable bonds is 1. The van der Waals surface area contributed by atoms with E-state index in [1.807, 2.05) is 0 Å². The lowest BCUT2D eigenvalue weighted by molar-refractivity contribution is 0.907. The molecule has 2 aromatic rings. The largest absolute Gasteiger partial charge is 0.198 e. The van der Waals surface area contributed by atoms with Gasteiger partial charge in [0.1, 0.15) is 0 Å². The molecule has 0 N–H and O–H groups in total. The molecule has 0 atom stereocenters. The van der Waals surface area contributed by atoms with E-state index in [-0.39, 0.29) is 0 Å². The van der Waals surface area contributed by atoms with Crippen LogP contribution in [0.1, 0.15) is 27.8 Å². The molecule has 0 spiro atoms. The van der Waals surface area contributed by atoms with E-state index in [0.717, 1.165) is 25.7 Å². The highest BCUT2D eigenvalue weighted by Gasteiger charge is 2.07. The van der Waals surface area contributed by atoms with E-state index in [4.69, 9.17) is 5.26 Å². The summed E-state index contributed by atoms with van der Waals surface area (Å²) in [6.07, 6.45) is 4.74. The summed E-state index contributed by atoms with van der Waals surface area (Å²) in [6.45, 7) is 0. The van der Waals surface area contributed by atoms with Crippen LogP contribution in [-0.2, 0) is 32.1 Å². The molecule has 94 valence electrons. The molecule has 2 aromatic carbocycles. The Morgan fingerprint density at radius 1 is 0.789 bits per heavy atom. The zero-order valence-corrected chi connectivity index (χ0v) is 11.0. The second-order valence-electron chi connectivity index (χ2n) is 5.25. The van der Waals surface area contributed by atoms with E-state index >= 15 is 0 Å². The summed E-state index contributed by atoms with van der Waals surface area (Å²) in [4.78, 5) is 0. The fourth-order valence-corrected chi connectivity index (χ4v) is 2.77. The summed E-state index contributed by atoms with van der Waals surface area (Å²) in [5.74, 6) is 0. The van der Waals surface area contributed by atoms with Gasteiger partial charge in [-0.05, 0) is 53.5 Å². The maximum Gasteiger partial charge on any atom is 0.0669 e. The van der Waals surface area contributed by atoms with Gasteiger partial charge in [-0.1, -0.05) is 42.5 Å². The van der Waals surface area contributed by atoms with Gasteiger partial charge in [-0.15, -0.1) is 0 Å². The lowest BCUT2D eigenvalue weighted by Gasteiger charge is -2.12. The average Bonchev–Trinajstić information content (AvgIpc) is 2.43. The van der Waals surface area contributed by atoms with Crippen molar-refractivity contribution in [1.29, 1.82) is 5.26 Å². The third kappa shape index (κ3) is 2.69. The zero-order valence-electron chi connectivity index (χ0n) is 11.0. The molecule has 0 fully saturated rings. The number of aryl methyl sites for hydroxylation is 4. The Morgan fingerprint density at radius 2 is 1.37 bits per heavy atom. The minimum absolute atomic E-state index is 0.529. The number of hydrogen-bond acceptors (Lipinski definition) is 1. The molecule has 0 amide bonds. The topological polar surface area (TPSA) is 23.8 Å². The summed E-state index contributed by atoms with van der Waals surface area (Å²) in [5, 5.41) is 8.97. The first kappa shape index (κ1) is 12.0. The number of benzene rings is 2. The molecule has 19 heavy (non-hydrogen) atoms. The number of nitriles is 1. The van der Waals surface area contributed by atoms with Gasteiger partial charge in [0.15, 0.2) is 0 Å². The highest BCUT2D eigenvalue weighted by atomic mass is 14.2. The fourth-order valence-electron chi connectivity index (χ4n) is 2.77. The van der Waals surface area contributed by atoms with Crippen LogP contribution in [0.2, 0.25) is 0 Å². The molecular formula is C18H17N. The normalized spacial score (nSPS) is 13.6. The molecule has 0 aliphatic heterocycles. The van der Waals surface area contributed by atoms with Gasteiger partial charge in [0.05, 0.1) is 12.5 Å². The van der Waals surface area contributed by atoms with Crippen LogP contribution in [0.25, 0.3) is 0 Å². The van der Waals surface area contributed by atoms with Gasteiger partial charge in [-0.3, -0.25) is 0 Å². The first-order chi connectivity index (χ1) is 9.35. The van der Waals surface area contributed by atoms with E-state index < -0.39 is 0 Å². The van der Waals surface area contributed by atoms with Gasteiger partial charge in [0, 0.05) is 0 Å². The summed E-state index contributed by atoms with van der Waals surface area (Å²) >= 11 is 0. The predicted molar refractivity (Wildman–Crippen MR) is 77.0 cm³/mol. The van der Waals surface area contributed by atoms with Crippen LogP contribution >= 0.6 is 0 Å². The van der Waals surface area contributed by atoms with Gasteiger partial charge in [0.25, 0.3) is 0 Å². The van der Waals surface area contributed by atoms with Crippen molar-refractivity contribution in [3.8, 4) is 6.07 Å². The fraction of sp³-hybridized carbons (Fsp3) is 0.278. The highest BCUT2D eigenvalue weighted by Crippen LogP contribution is 2.19. The molecule has 0 saturated carbocycles. The monoisotopic (exact) mass is 247 g/mol. The van der Waals surface area contributed by atoms with Crippen molar-refractivity contribution in [3.05, 3.63) is 70.3 Å². The molecule has 4 bridgehead atoms. The summed E-state index contributed by atoms with van der Waals surface area (Å²) in [6, 6.07) is 18.0. The average molecular weight is 247 g/mol. The van der Waals surface area contributed by atoms with Crippen molar-refractivity contribution in [2.45, 2.75) is 32.1 Å². The van der Waals surface area contributed by atoms with E-state index in [9.17, 15) is 0 Å². The van der Waals surface area contributed by atoms with Crippen molar-refractivity contribution in [3.63, 3.8) is 0 Å². The van der Waals surface area contributed by atoms with E-state index in [1.54, 1.807) is 0 Å². The predicted octanol–water partition coefficient (Wildman–Crippen LogP) is 3.64. The molecule has 4 aliphatic rings. The summed E-state index contributed by atoms with van der Waals surface area (Å²) in [7, 11) is 0. The lowest BCUT2D eigenvalue weighted by atomic mass is 9.92. The number of nitrogens with zero attached hydrogens (tertiary/aromatic N) is 1. The van der Waals surface area contributed by atoms with E-state index in [1.165, 1.54) is 27.8 Å². The smallest absolute Gasteiger partial charge is 0.0669 e. The molecule has 0 saturated heterocycles. The Kier molecular flexibility index (Phi) is 3.33.